The van der Waals surface area contributed by atoms with E-state index in [1.165, 1.54) is 6.07 Å². The Hall–Kier alpha value is -3.23. The van der Waals surface area contributed by atoms with E-state index in [2.05, 4.69) is 10.3 Å². The summed E-state index contributed by atoms with van der Waals surface area (Å²) in [5, 5.41) is 14.6. The third-order valence-electron chi connectivity index (χ3n) is 4.04. The molecule has 8 nitrogen and oxygen atoms in total. The number of rotatable bonds is 5. The first-order valence-electron chi connectivity index (χ1n) is 8.08. The normalized spacial score (nSPS) is 14.5. The number of benzene rings is 2. The molecule has 2 heterocycles. The minimum Gasteiger partial charge on any atom is -0.350 e. The summed E-state index contributed by atoms with van der Waals surface area (Å²) in [5.41, 5.74) is 2.64. The summed E-state index contributed by atoms with van der Waals surface area (Å²) in [6.07, 6.45) is 4.67. The third-order valence-corrected chi connectivity index (χ3v) is 4.04. The van der Waals surface area contributed by atoms with Gasteiger partial charge in [-0.05, 0) is 24.3 Å². The molecular formula is C18H16N4O4. The van der Waals surface area contributed by atoms with Crippen LogP contribution < -0.4 is 5.32 Å². The van der Waals surface area contributed by atoms with Crippen LogP contribution in [0.4, 0.5) is 17.1 Å². The lowest BCUT2D eigenvalue weighted by Crippen LogP contribution is -2.02. The molecule has 0 amide bonds. The Morgan fingerprint density at radius 2 is 2.04 bits per heavy atom. The van der Waals surface area contributed by atoms with Crippen molar-refractivity contribution in [2.75, 3.05) is 18.5 Å². The highest BCUT2D eigenvalue weighted by Gasteiger charge is 2.23. The summed E-state index contributed by atoms with van der Waals surface area (Å²) in [4.78, 5) is 15.1. The Labute approximate surface area is 149 Å². The minimum atomic E-state index is -0.549. The van der Waals surface area contributed by atoms with Crippen molar-refractivity contribution >= 4 is 17.1 Å². The van der Waals surface area contributed by atoms with Gasteiger partial charge < -0.3 is 19.4 Å². The first kappa shape index (κ1) is 16.2. The Balaban J connectivity index is 1.63. The van der Waals surface area contributed by atoms with Crippen LogP contribution in [0.15, 0.2) is 61.2 Å². The molecule has 1 aliphatic rings. The number of nitro benzene ring substituents is 1. The number of nitro groups is 1. The first-order valence-corrected chi connectivity index (χ1v) is 8.08. The molecule has 1 N–H and O–H groups in total. The van der Waals surface area contributed by atoms with Crippen molar-refractivity contribution in [2.24, 2.45) is 0 Å². The van der Waals surface area contributed by atoms with E-state index in [1.54, 1.807) is 24.7 Å². The Morgan fingerprint density at radius 1 is 1.19 bits per heavy atom. The van der Waals surface area contributed by atoms with E-state index in [1.807, 2.05) is 35.0 Å². The Kier molecular flexibility index (Phi) is 4.34. The van der Waals surface area contributed by atoms with Crippen molar-refractivity contribution in [1.29, 1.82) is 0 Å². The van der Waals surface area contributed by atoms with Gasteiger partial charge in [-0.15, -0.1) is 0 Å². The SMILES string of the molecule is O=[N+]([O-])c1cc(C2OCCO2)ccc1Nc1cccc(-n2ccnc2)c1. The van der Waals surface area contributed by atoms with Crippen LogP contribution in [0.1, 0.15) is 11.9 Å². The van der Waals surface area contributed by atoms with Crippen molar-refractivity contribution in [3.8, 4) is 5.69 Å². The average Bonchev–Trinajstić information content (AvgIpc) is 3.36. The van der Waals surface area contributed by atoms with E-state index in [-0.39, 0.29) is 5.69 Å². The van der Waals surface area contributed by atoms with E-state index in [0.717, 1.165) is 11.4 Å². The van der Waals surface area contributed by atoms with E-state index >= 15 is 0 Å². The van der Waals surface area contributed by atoms with Gasteiger partial charge >= 0.3 is 0 Å². The maximum absolute atomic E-state index is 11.5. The van der Waals surface area contributed by atoms with Gasteiger partial charge in [0.15, 0.2) is 6.29 Å². The van der Waals surface area contributed by atoms with Gasteiger partial charge in [-0.1, -0.05) is 12.1 Å². The highest BCUT2D eigenvalue weighted by atomic mass is 16.7. The monoisotopic (exact) mass is 352 g/mol. The van der Waals surface area contributed by atoms with Crippen molar-refractivity contribution in [2.45, 2.75) is 6.29 Å². The molecule has 1 aromatic heterocycles. The number of nitrogens with zero attached hydrogens (tertiary/aromatic N) is 3. The van der Waals surface area contributed by atoms with Crippen LogP contribution >= 0.6 is 0 Å². The number of nitrogens with one attached hydrogen (secondary N) is 1. The third kappa shape index (κ3) is 3.28. The van der Waals surface area contributed by atoms with Crippen LogP contribution in [0.5, 0.6) is 0 Å². The molecule has 1 saturated heterocycles. The van der Waals surface area contributed by atoms with Gasteiger partial charge in [-0.2, -0.15) is 0 Å². The summed E-state index contributed by atoms with van der Waals surface area (Å²) in [5.74, 6) is 0. The lowest BCUT2D eigenvalue weighted by atomic mass is 10.1. The zero-order chi connectivity index (χ0) is 17.9. The molecule has 2 aromatic carbocycles. The summed E-state index contributed by atoms with van der Waals surface area (Å²) in [6, 6.07) is 12.5. The van der Waals surface area contributed by atoms with Crippen LogP contribution in [-0.4, -0.2) is 27.7 Å². The fourth-order valence-electron chi connectivity index (χ4n) is 2.81. The Bertz CT molecular complexity index is 921. The zero-order valence-electron chi connectivity index (χ0n) is 13.7. The van der Waals surface area contributed by atoms with Crippen LogP contribution in [0.3, 0.4) is 0 Å². The quantitative estimate of drug-likeness (QED) is 0.557. The summed E-state index contributed by atoms with van der Waals surface area (Å²) in [6.45, 7) is 0.971. The highest BCUT2D eigenvalue weighted by molar-refractivity contribution is 5.71. The number of hydrogen-bond donors (Lipinski definition) is 1. The number of ether oxygens (including phenoxy) is 2. The molecule has 4 rings (SSSR count). The molecule has 26 heavy (non-hydrogen) atoms. The number of imidazole rings is 1. The number of hydrogen-bond acceptors (Lipinski definition) is 6. The van der Waals surface area contributed by atoms with Gasteiger partial charge in [0.1, 0.15) is 5.69 Å². The maximum atomic E-state index is 11.5. The molecule has 132 valence electrons. The van der Waals surface area contributed by atoms with E-state index in [4.69, 9.17) is 9.47 Å². The van der Waals surface area contributed by atoms with Gasteiger partial charge in [0.05, 0.1) is 24.5 Å². The molecular weight excluding hydrogens is 336 g/mol. The van der Waals surface area contributed by atoms with Gasteiger partial charge in [0, 0.05) is 35.4 Å². The van der Waals surface area contributed by atoms with Crippen LogP contribution in [-0.2, 0) is 9.47 Å². The molecule has 1 aliphatic heterocycles. The Morgan fingerprint density at radius 3 is 2.77 bits per heavy atom. The first-order chi connectivity index (χ1) is 12.7. The zero-order valence-corrected chi connectivity index (χ0v) is 13.7. The number of anilines is 2. The summed E-state index contributed by atoms with van der Waals surface area (Å²) in [7, 11) is 0. The highest BCUT2D eigenvalue weighted by Crippen LogP contribution is 2.33. The van der Waals surface area contributed by atoms with Crippen LogP contribution in [0.25, 0.3) is 5.69 Å². The molecule has 0 saturated carbocycles. The molecule has 0 radical (unpaired) electrons. The predicted octanol–water partition coefficient (Wildman–Crippen LogP) is 3.57. The smallest absolute Gasteiger partial charge is 0.293 e. The predicted molar refractivity (Wildman–Crippen MR) is 94.6 cm³/mol. The molecule has 0 bridgehead atoms. The average molecular weight is 352 g/mol. The molecule has 1 fully saturated rings. The molecule has 0 aliphatic carbocycles. The van der Waals surface area contributed by atoms with E-state index in [9.17, 15) is 10.1 Å². The lowest BCUT2D eigenvalue weighted by molar-refractivity contribution is -0.384. The second-order valence-electron chi connectivity index (χ2n) is 5.75. The molecule has 0 spiro atoms. The fourth-order valence-corrected chi connectivity index (χ4v) is 2.81. The van der Waals surface area contributed by atoms with Crippen LogP contribution in [0.2, 0.25) is 0 Å². The minimum absolute atomic E-state index is 0.0327. The summed E-state index contributed by atoms with van der Waals surface area (Å²) < 4.78 is 12.7. The van der Waals surface area contributed by atoms with E-state index < -0.39 is 11.2 Å². The molecule has 3 aromatic rings. The lowest BCUT2D eigenvalue weighted by Gasteiger charge is -2.12. The number of aromatic nitrogens is 2. The van der Waals surface area contributed by atoms with Gasteiger partial charge in [0.2, 0.25) is 0 Å². The van der Waals surface area contributed by atoms with Gasteiger partial charge in [-0.25, -0.2) is 4.98 Å². The second kappa shape index (κ2) is 6.95. The van der Waals surface area contributed by atoms with Crippen molar-refractivity contribution in [3.63, 3.8) is 0 Å². The van der Waals surface area contributed by atoms with Crippen molar-refractivity contribution in [1.82, 2.24) is 9.55 Å². The standard InChI is InChI=1S/C18H16N4O4/c23-22(24)17-10-13(18-25-8-9-26-18)4-5-16(17)20-14-2-1-3-15(11-14)21-7-6-19-12-21/h1-7,10-12,18,20H,8-9H2. The van der Waals surface area contributed by atoms with Gasteiger partial charge in [0.25, 0.3) is 5.69 Å². The molecule has 0 atom stereocenters. The summed E-state index contributed by atoms with van der Waals surface area (Å²) >= 11 is 0. The van der Waals surface area contributed by atoms with Gasteiger partial charge in [-0.3, -0.25) is 10.1 Å². The van der Waals surface area contributed by atoms with E-state index in [0.29, 0.717) is 24.5 Å². The van der Waals surface area contributed by atoms with Crippen molar-refractivity contribution in [3.05, 3.63) is 76.9 Å². The van der Waals surface area contributed by atoms with Crippen molar-refractivity contribution < 1.29 is 14.4 Å². The topological polar surface area (TPSA) is 91.5 Å². The molecule has 0 unspecified atom stereocenters. The fraction of sp³-hybridized carbons (Fsp3) is 0.167. The second-order valence-corrected chi connectivity index (χ2v) is 5.75. The van der Waals surface area contributed by atoms with Crippen LogP contribution in [0, 0.1) is 10.1 Å². The largest absolute Gasteiger partial charge is 0.350 e. The molecule has 8 heteroatoms. The maximum Gasteiger partial charge on any atom is 0.293 e.